The molecule has 0 N–H and O–H groups in total. The minimum absolute atomic E-state index is 0.0311. The number of carbonyl (C=O) groups excluding carboxylic acids is 3. The highest BCUT2D eigenvalue weighted by Gasteiger charge is 2.64. The molecule has 10 heteroatoms. The van der Waals surface area contributed by atoms with E-state index in [1.165, 1.54) is 18.2 Å². The molecule has 0 aliphatic heterocycles. The Morgan fingerprint density at radius 1 is 1.03 bits per heavy atom. The first kappa shape index (κ1) is 29.2. The zero-order valence-electron chi connectivity index (χ0n) is 21.2. The van der Waals surface area contributed by atoms with E-state index in [0.29, 0.717) is 12.7 Å². The molecule has 0 spiro atoms. The number of aldehydes is 1. The zero-order chi connectivity index (χ0) is 27.6. The monoisotopic (exact) mass is 544 g/mol. The van der Waals surface area contributed by atoms with Crippen molar-refractivity contribution in [2.45, 2.75) is 36.9 Å². The van der Waals surface area contributed by atoms with E-state index in [2.05, 4.69) is 6.58 Å². The van der Waals surface area contributed by atoms with Crippen molar-refractivity contribution < 1.29 is 41.2 Å². The first-order valence-corrected chi connectivity index (χ1v) is 13.6. The minimum atomic E-state index is -4.12. The summed E-state index contributed by atoms with van der Waals surface area (Å²) in [5.74, 6) is -3.53. The Kier molecular flexibility index (Phi) is 10.3. The molecule has 2 aromatic carbocycles. The molecular formula is C28H32O9S. The lowest BCUT2D eigenvalue weighted by Crippen LogP contribution is -2.61. The maximum absolute atomic E-state index is 13.6. The van der Waals surface area contributed by atoms with Gasteiger partial charge in [-0.05, 0) is 42.4 Å². The Bertz CT molecular complexity index is 1200. The van der Waals surface area contributed by atoms with Crippen LogP contribution >= 0.6 is 0 Å². The van der Waals surface area contributed by atoms with Crippen molar-refractivity contribution in [3.63, 3.8) is 0 Å². The van der Waals surface area contributed by atoms with Crippen molar-refractivity contribution in [1.29, 1.82) is 0 Å². The SMILES string of the molecule is C=CCOC(=O)[C@]1(C(=O)OC)[C@H](OCc2ccccc2)CC[C@H](COS(=O)(=O)c2ccccc2)[C@@H]1CC=O. The third-order valence-electron chi connectivity index (χ3n) is 6.77. The predicted molar refractivity (Wildman–Crippen MR) is 137 cm³/mol. The van der Waals surface area contributed by atoms with Gasteiger partial charge in [-0.3, -0.25) is 13.8 Å². The van der Waals surface area contributed by atoms with Crippen LogP contribution in [0.5, 0.6) is 0 Å². The quantitative estimate of drug-likeness (QED) is 0.123. The van der Waals surface area contributed by atoms with Crippen LogP contribution in [-0.4, -0.2) is 53.1 Å². The van der Waals surface area contributed by atoms with Crippen molar-refractivity contribution >= 4 is 28.3 Å². The number of carbonyl (C=O) groups is 3. The van der Waals surface area contributed by atoms with Crippen LogP contribution in [0.3, 0.4) is 0 Å². The first-order valence-electron chi connectivity index (χ1n) is 12.2. The largest absolute Gasteiger partial charge is 0.468 e. The molecule has 3 rings (SSSR count). The molecule has 204 valence electrons. The fraction of sp³-hybridized carbons (Fsp3) is 0.393. The molecule has 1 fully saturated rings. The maximum Gasteiger partial charge on any atom is 0.326 e. The Labute approximate surface area is 222 Å². The van der Waals surface area contributed by atoms with E-state index in [1.807, 2.05) is 30.3 Å². The highest BCUT2D eigenvalue weighted by Crippen LogP contribution is 2.50. The number of esters is 2. The summed E-state index contributed by atoms with van der Waals surface area (Å²) in [6.45, 7) is 3.11. The van der Waals surface area contributed by atoms with Crippen LogP contribution in [0.2, 0.25) is 0 Å². The molecule has 0 unspecified atom stereocenters. The third-order valence-corrected chi connectivity index (χ3v) is 8.06. The van der Waals surface area contributed by atoms with E-state index in [9.17, 15) is 22.8 Å². The number of methoxy groups -OCH3 is 1. The fourth-order valence-electron chi connectivity index (χ4n) is 4.98. The summed E-state index contributed by atoms with van der Waals surface area (Å²) in [7, 11) is -2.98. The Hall–Kier alpha value is -3.34. The Morgan fingerprint density at radius 3 is 2.29 bits per heavy atom. The Balaban J connectivity index is 1.99. The van der Waals surface area contributed by atoms with E-state index < -0.39 is 45.4 Å². The number of ether oxygens (including phenoxy) is 3. The second-order valence-corrected chi connectivity index (χ2v) is 10.5. The molecule has 0 aromatic heterocycles. The molecule has 38 heavy (non-hydrogen) atoms. The van der Waals surface area contributed by atoms with Gasteiger partial charge in [-0.2, -0.15) is 8.42 Å². The molecule has 0 saturated heterocycles. The van der Waals surface area contributed by atoms with Gasteiger partial charge in [0.05, 0.1) is 31.3 Å². The smallest absolute Gasteiger partial charge is 0.326 e. The van der Waals surface area contributed by atoms with E-state index in [-0.39, 0.29) is 37.6 Å². The summed E-state index contributed by atoms with van der Waals surface area (Å²) in [4.78, 5) is 38.9. The zero-order valence-corrected chi connectivity index (χ0v) is 22.0. The van der Waals surface area contributed by atoms with Gasteiger partial charge in [0.1, 0.15) is 12.9 Å². The molecule has 9 nitrogen and oxygen atoms in total. The van der Waals surface area contributed by atoms with Gasteiger partial charge in [-0.1, -0.05) is 61.2 Å². The molecule has 0 heterocycles. The lowest BCUT2D eigenvalue weighted by Gasteiger charge is -2.47. The van der Waals surface area contributed by atoms with E-state index in [4.69, 9.17) is 18.4 Å². The van der Waals surface area contributed by atoms with E-state index in [0.717, 1.165) is 12.7 Å². The van der Waals surface area contributed by atoms with Gasteiger partial charge in [0, 0.05) is 6.42 Å². The molecule has 4 atom stereocenters. The summed E-state index contributed by atoms with van der Waals surface area (Å²) < 4.78 is 47.5. The topological polar surface area (TPSA) is 122 Å². The average Bonchev–Trinajstić information content (AvgIpc) is 2.95. The lowest BCUT2D eigenvalue weighted by atomic mass is 9.58. The van der Waals surface area contributed by atoms with Gasteiger partial charge in [0.15, 0.2) is 5.41 Å². The van der Waals surface area contributed by atoms with Crippen LogP contribution in [0.25, 0.3) is 0 Å². The van der Waals surface area contributed by atoms with Crippen molar-refractivity contribution in [3.05, 3.63) is 78.9 Å². The standard InChI is InChI=1S/C28H32O9S/c1-3-18-35-27(31)28(26(30)34-2)24(16-17-29)22(20-37-38(32,33)23-12-8-5-9-13-23)14-15-25(28)36-19-21-10-6-4-7-11-21/h3-13,17,22,24-25H,1,14-16,18-20H2,2H3/t22-,24+,25-,28+/m1/s1. The van der Waals surface area contributed by atoms with Gasteiger partial charge < -0.3 is 19.0 Å². The van der Waals surface area contributed by atoms with Crippen molar-refractivity contribution in [1.82, 2.24) is 0 Å². The normalized spacial score (nSPS) is 23.2. The van der Waals surface area contributed by atoms with Crippen LogP contribution in [-0.2, 0) is 49.5 Å². The van der Waals surface area contributed by atoms with Crippen molar-refractivity contribution in [2.75, 3.05) is 20.3 Å². The van der Waals surface area contributed by atoms with Crippen LogP contribution in [0.4, 0.5) is 0 Å². The molecule has 1 saturated carbocycles. The number of benzene rings is 2. The number of hydrogen-bond donors (Lipinski definition) is 0. The highest BCUT2D eigenvalue weighted by molar-refractivity contribution is 7.86. The summed E-state index contributed by atoms with van der Waals surface area (Å²) >= 11 is 0. The molecule has 2 aromatic rings. The first-order chi connectivity index (χ1) is 18.3. The van der Waals surface area contributed by atoms with Crippen LogP contribution in [0.15, 0.2) is 78.2 Å². The minimum Gasteiger partial charge on any atom is -0.468 e. The van der Waals surface area contributed by atoms with Crippen LogP contribution < -0.4 is 0 Å². The Morgan fingerprint density at radius 2 is 1.68 bits per heavy atom. The van der Waals surface area contributed by atoms with Gasteiger partial charge in [-0.15, -0.1) is 0 Å². The second kappa shape index (κ2) is 13.5. The van der Waals surface area contributed by atoms with Gasteiger partial charge >= 0.3 is 11.9 Å². The van der Waals surface area contributed by atoms with Gasteiger partial charge in [-0.25, -0.2) is 0 Å². The molecule has 1 aliphatic carbocycles. The van der Waals surface area contributed by atoms with Crippen LogP contribution in [0, 0.1) is 17.3 Å². The van der Waals surface area contributed by atoms with Crippen LogP contribution in [0.1, 0.15) is 24.8 Å². The van der Waals surface area contributed by atoms with E-state index >= 15 is 0 Å². The summed E-state index contributed by atoms with van der Waals surface area (Å²) in [6.07, 6.45) is 1.21. The summed E-state index contributed by atoms with van der Waals surface area (Å²) in [5.41, 5.74) is -1.21. The molecule has 1 aliphatic rings. The molecule has 0 radical (unpaired) electrons. The molecule has 0 amide bonds. The van der Waals surface area contributed by atoms with Crippen molar-refractivity contribution in [3.8, 4) is 0 Å². The number of hydrogen-bond acceptors (Lipinski definition) is 9. The summed E-state index contributed by atoms with van der Waals surface area (Å²) in [6, 6.07) is 16.8. The maximum atomic E-state index is 13.6. The number of rotatable bonds is 13. The molecule has 0 bridgehead atoms. The summed E-state index contributed by atoms with van der Waals surface area (Å²) in [5, 5.41) is 0. The van der Waals surface area contributed by atoms with Crippen molar-refractivity contribution in [2.24, 2.45) is 17.3 Å². The van der Waals surface area contributed by atoms with Gasteiger partial charge in [0.2, 0.25) is 0 Å². The third kappa shape index (κ3) is 6.38. The predicted octanol–water partition coefficient (Wildman–Crippen LogP) is 3.48. The fourth-order valence-corrected chi connectivity index (χ4v) is 5.96. The van der Waals surface area contributed by atoms with E-state index in [1.54, 1.807) is 18.2 Å². The van der Waals surface area contributed by atoms with Gasteiger partial charge in [0.25, 0.3) is 10.1 Å². The lowest BCUT2D eigenvalue weighted by molar-refractivity contribution is -0.202. The second-order valence-electron chi connectivity index (χ2n) is 8.93. The average molecular weight is 545 g/mol. The highest BCUT2D eigenvalue weighted by atomic mass is 32.2. The molecular weight excluding hydrogens is 512 g/mol.